The molecule has 1 aromatic rings. The molecule has 3 atom stereocenters. The molecule has 3 saturated heterocycles. The minimum absolute atomic E-state index is 0.335. The van der Waals surface area contributed by atoms with Gasteiger partial charge in [-0.25, -0.2) is 4.99 Å². The topological polar surface area (TPSA) is 64.1 Å². The first-order valence-electron chi connectivity index (χ1n) is 10.8. The zero-order valence-corrected chi connectivity index (χ0v) is 16.9. The molecule has 0 amide bonds. The summed E-state index contributed by atoms with van der Waals surface area (Å²) in [5.74, 6) is 0.885. The highest BCUT2D eigenvalue weighted by atomic mass is 16.5. The van der Waals surface area contributed by atoms with Crippen LogP contribution in [-0.4, -0.2) is 50.1 Å². The number of guanidine groups is 1. The average Bonchev–Trinajstić information content (AvgIpc) is 3.35. The van der Waals surface area contributed by atoms with Crippen LogP contribution in [0.25, 0.3) is 0 Å². The fourth-order valence-corrected chi connectivity index (χ4v) is 4.25. The standard InChI is InChI=1S/C22H33N3O3/c1-2-23-22(25-20-13-19-7-8-21(20)28-19)24-14-16-3-5-17(6-4-16)15-27-18-9-11-26-12-10-18/h3-6,18-21H,2,7-15H2,1H3,(H2,23,24,25). The number of hydrogen-bond donors (Lipinski definition) is 2. The molecule has 2 N–H and O–H groups in total. The van der Waals surface area contributed by atoms with E-state index < -0.39 is 0 Å². The van der Waals surface area contributed by atoms with Crippen molar-refractivity contribution in [3.05, 3.63) is 35.4 Å². The van der Waals surface area contributed by atoms with Crippen LogP contribution in [0, 0.1) is 0 Å². The highest BCUT2D eigenvalue weighted by Gasteiger charge is 2.41. The van der Waals surface area contributed by atoms with Gasteiger partial charge in [0.1, 0.15) is 0 Å². The zero-order valence-electron chi connectivity index (χ0n) is 16.9. The van der Waals surface area contributed by atoms with Crippen molar-refractivity contribution in [1.29, 1.82) is 0 Å². The second-order valence-electron chi connectivity index (χ2n) is 7.99. The number of benzene rings is 1. The first-order chi connectivity index (χ1) is 13.8. The van der Waals surface area contributed by atoms with Crippen LogP contribution < -0.4 is 10.6 Å². The van der Waals surface area contributed by atoms with E-state index in [0.717, 1.165) is 45.0 Å². The largest absolute Gasteiger partial charge is 0.381 e. The summed E-state index contributed by atoms with van der Waals surface area (Å²) in [6.45, 7) is 5.93. The fourth-order valence-electron chi connectivity index (χ4n) is 4.25. The minimum atomic E-state index is 0.335. The smallest absolute Gasteiger partial charge is 0.191 e. The molecular weight excluding hydrogens is 354 g/mol. The van der Waals surface area contributed by atoms with E-state index in [4.69, 9.17) is 19.2 Å². The minimum Gasteiger partial charge on any atom is -0.381 e. The summed E-state index contributed by atoms with van der Waals surface area (Å²) in [4.78, 5) is 4.77. The molecule has 6 heteroatoms. The Morgan fingerprint density at radius 3 is 2.57 bits per heavy atom. The van der Waals surface area contributed by atoms with Gasteiger partial charge in [-0.15, -0.1) is 0 Å². The highest BCUT2D eigenvalue weighted by molar-refractivity contribution is 5.80. The maximum atomic E-state index is 6.00. The van der Waals surface area contributed by atoms with Crippen LogP contribution in [0.4, 0.5) is 0 Å². The van der Waals surface area contributed by atoms with E-state index in [1.165, 1.54) is 24.0 Å². The molecule has 0 radical (unpaired) electrons. The first-order valence-corrected chi connectivity index (χ1v) is 10.8. The van der Waals surface area contributed by atoms with E-state index in [0.29, 0.717) is 37.5 Å². The van der Waals surface area contributed by atoms with Crippen LogP contribution in [0.15, 0.2) is 29.3 Å². The van der Waals surface area contributed by atoms with Gasteiger partial charge in [-0.05, 0) is 50.2 Å². The van der Waals surface area contributed by atoms with Crippen LogP contribution >= 0.6 is 0 Å². The summed E-state index contributed by atoms with van der Waals surface area (Å²) in [6, 6.07) is 8.98. The number of ether oxygens (including phenoxy) is 3. The van der Waals surface area contributed by atoms with E-state index in [-0.39, 0.29) is 0 Å². The number of fused-ring (bicyclic) bond motifs is 2. The third-order valence-corrected chi connectivity index (χ3v) is 5.87. The normalized spacial score (nSPS) is 27.9. The van der Waals surface area contributed by atoms with Gasteiger partial charge in [-0.2, -0.15) is 0 Å². The molecule has 3 fully saturated rings. The summed E-state index contributed by atoms with van der Waals surface area (Å²) in [5.41, 5.74) is 2.42. The van der Waals surface area contributed by atoms with Crippen molar-refractivity contribution in [2.75, 3.05) is 19.8 Å². The maximum absolute atomic E-state index is 6.00. The Labute approximate surface area is 168 Å². The molecule has 3 aliphatic rings. The predicted octanol–water partition coefficient (Wildman–Crippen LogP) is 2.76. The lowest BCUT2D eigenvalue weighted by Crippen LogP contribution is -2.47. The average molecular weight is 388 g/mol. The van der Waals surface area contributed by atoms with Crippen LogP contribution in [-0.2, 0) is 27.4 Å². The maximum Gasteiger partial charge on any atom is 0.191 e. The van der Waals surface area contributed by atoms with E-state index in [1.807, 2.05) is 0 Å². The lowest BCUT2D eigenvalue weighted by atomic mass is 9.96. The monoisotopic (exact) mass is 387 g/mol. The summed E-state index contributed by atoms with van der Waals surface area (Å²) in [7, 11) is 0. The van der Waals surface area contributed by atoms with Gasteiger partial charge in [0.25, 0.3) is 0 Å². The fraction of sp³-hybridized carbons (Fsp3) is 0.682. The third kappa shape index (κ3) is 5.25. The van der Waals surface area contributed by atoms with Crippen LogP contribution in [0.3, 0.4) is 0 Å². The Morgan fingerprint density at radius 1 is 1.11 bits per heavy atom. The summed E-state index contributed by atoms with van der Waals surface area (Å²) in [5, 5.41) is 6.93. The van der Waals surface area contributed by atoms with Gasteiger partial charge in [-0.1, -0.05) is 24.3 Å². The predicted molar refractivity (Wildman–Crippen MR) is 109 cm³/mol. The number of rotatable bonds is 7. The number of nitrogens with one attached hydrogen (secondary N) is 2. The number of aliphatic imine (C=N–C) groups is 1. The Balaban J connectivity index is 1.26. The van der Waals surface area contributed by atoms with Crippen molar-refractivity contribution in [2.45, 2.75) is 76.5 Å². The molecule has 0 saturated carbocycles. The molecule has 0 aliphatic carbocycles. The molecule has 3 aliphatic heterocycles. The second kappa shape index (κ2) is 9.72. The lowest BCUT2D eigenvalue weighted by molar-refractivity contribution is -0.0390. The van der Waals surface area contributed by atoms with Gasteiger partial charge in [0.2, 0.25) is 0 Å². The highest BCUT2D eigenvalue weighted by Crippen LogP contribution is 2.34. The Kier molecular flexibility index (Phi) is 6.83. The van der Waals surface area contributed by atoms with Crippen molar-refractivity contribution in [3.8, 4) is 0 Å². The van der Waals surface area contributed by atoms with Gasteiger partial charge in [0.05, 0.1) is 37.5 Å². The zero-order chi connectivity index (χ0) is 19.2. The van der Waals surface area contributed by atoms with Crippen molar-refractivity contribution in [1.82, 2.24) is 10.6 Å². The van der Waals surface area contributed by atoms with Crippen LogP contribution in [0.1, 0.15) is 50.2 Å². The molecule has 3 heterocycles. The Hall–Kier alpha value is -1.63. The molecule has 154 valence electrons. The van der Waals surface area contributed by atoms with E-state index in [9.17, 15) is 0 Å². The molecule has 0 spiro atoms. The van der Waals surface area contributed by atoms with E-state index in [1.54, 1.807) is 0 Å². The molecule has 28 heavy (non-hydrogen) atoms. The van der Waals surface area contributed by atoms with Crippen LogP contribution in [0.5, 0.6) is 0 Å². The molecule has 4 rings (SSSR count). The second-order valence-corrected chi connectivity index (χ2v) is 7.99. The molecule has 6 nitrogen and oxygen atoms in total. The van der Waals surface area contributed by atoms with E-state index in [2.05, 4.69) is 41.8 Å². The summed E-state index contributed by atoms with van der Waals surface area (Å²) in [6.07, 6.45) is 6.60. The summed E-state index contributed by atoms with van der Waals surface area (Å²) >= 11 is 0. The lowest BCUT2D eigenvalue weighted by Gasteiger charge is -2.22. The first kappa shape index (κ1) is 19.7. The van der Waals surface area contributed by atoms with Crippen molar-refractivity contribution in [2.24, 2.45) is 4.99 Å². The quantitative estimate of drug-likeness (QED) is 0.556. The summed E-state index contributed by atoms with van der Waals surface area (Å²) < 4.78 is 17.3. The van der Waals surface area contributed by atoms with Gasteiger partial charge in [0.15, 0.2) is 5.96 Å². The van der Waals surface area contributed by atoms with Crippen molar-refractivity contribution >= 4 is 5.96 Å². The molecule has 3 unspecified atom stereocenters. The number of hydrogen-bond acceptors (Lipinski definition) is 4. The SMILES string of the molecule is CCNC(=NCc1ccc(COC2CCOCC2)cc1)NC1CC2CCC1O2. The molecular formula is C22H33N3O3. The Morgan fingerprint density at radius 2 is 1.89 bits per heavy atom. The molecule has 0 aromatic heterocycles. The third-order valence-electron chi connectivity index (χ3n) is 5.87. The van der Waals surface area contributed by atoms with Crippen molar-refractivity contribution < 1.29 is 14.2 Å². The van der Waals surface area contributed by atoms with Crippen molar-refractivity contribution in [3.63, 3.8) is 0 Å². The van der Waals surface area contributed by atoms with Gasteiger partial charge >= 0.3 is 0 Å². The van der Waals surface area contributed by atoms with E-state index >= 15 is 0 Å². The molecule has 2 bridgehead atoms. The molecule has 1 aromatic carbocycles. The Bertz CT molecular complexity index is 643. The van der Waals surface area contributed by atoms with Gasteiger partial charge in [0, 0.05) is 19.8 Å². The van der Waals surface area contributed by atoms with Gasteiger partial charge < -0.3 is 24.8 Å². The van der Waals surface area contributed by atoms with Gasteiger partial charge in [-0.3, -0.25) is 0 Å². The van der Waals surface area contributed by atoms with Crippen LogP contribution in [0.2, 0.25) is 0 Å². The number of nitrogens with zero attached hydrogens (tertiary/aromatic N) is 1.